The standard InChI is InChI=1S/C20H34N4O2/c1-21-20(23-18-8-4-5-9-18)22-16-17-7-6-10-19(15-17)26-14-12-24(2)11-13-25-3/h6-7,10,15,18H,4-5,8-9,11-14,16H2,1-3H3,(H2,21,22,23). The Balaban J connectivity index is 1.73. The second kappa shape index (κ2) is 11.8. The van der Waals surface area contributed by atoms with Crippen LogP contribution >= 0.6 is 0 Å². The van der Waals surface area contributed by atoms with Crippen LogP contribution in [0.15, 0.2) is 29.3 Å². The Hall–Kier alpha value is -1.79. The lowest BCUT2D eigenvalue weighted by atomic mass is 10.2. The Morgan fingerprint density at radius 3 is 2.73 bits per heavy atom. The Bertz CT molecular complexity index is 544. The molecule has 0 amide bonds. The van der Waals surface area contributed by atoms with Gasteiger partial charge in [-0.3, -0.25) is 4.99 Å². The third-order valence-electron chi connectivity index (χ3n) is 4.70. The second-order valence-corrected chi connectivity index (χ2v) is 6.84. The van der Waals surface area contributed by atoms with Crippen molar-refractivity contribution >= 4 is 5.96 Å². The minimum absolute atomic E-state index is 0.561. The van der Waals surface area contributed by atoms with Crippen molar-refractivity contribution < 1.29 is 9.47 Å². The van der Waals surface area contributed by atoms with Crippen LogP contribution in [-0.2, 0) is 11.3 Å². The summed E-state index contributed by atoms with van der Waals surface area (Å²) in [4.78, 5) is 6.53. The first-order chi connectivity index (χ1) is 12.7. The Morgan fingerprint density at radius 2 is 2.00 bits per heavy atom. The zero-order valence-corrected chi connectivity index (χ0v) is 16.5. The SMILES string of the molecule is CN=C(NCc1cccc(OCCN(C)CCOC)c1)NC1CCCC1. The number of hydrogen-bond donors (Lipinski definition) is 2. The van der Waals surface area contributed by atoms with Crippen LogP contribution < -0.4 is 15.4 Å². The predicted molar refractivity (Wildman–Crippen MR) is 107 cm³/mol. The first kappa shape index (κ1) is 20.5. The average Bonchev–Trinajstić information content (AvgIpc) is 3.17. The lowest BCUT2D eigenvalue weighted by molar-refractivity contribution is 0.150. The van der Waals surface area contributed by atoms with Crippen molar-refractivity contribution in [1.82, 2.24) is 15.5 Å². The molecule has 0 spiro atoms. The Morgan fingerprint density at radius 1 is 1.23 bits per heavy atom. The molecule has 2 rings (SSSR count). The molecule has 6 nitrogen and oxygen atoms in total. The summed E-state index contributed by atoms with van der Waals surface area (Å²) in [7, 11) is 5.62. The van der Waals surface area contributed by atoms with E-state index in [0.717, 1.165) is 38.0 Å². The van der Waals surface area contributed by atoms with E-state index in [0.29, 0.717) is 12.6 Å². The molecule has 1 fully saturated rings. The maximum Gasteiger partial charge on any atom is 0.191 e. The van der Waals surface area contributed by atoms with Crippen LogP contribution in [-0.4, -0.2) is 64.4 Å². The Labute approximate surface area is 158 Å². The van der Waals surface area contributed by atoms with Gasteiger partial charge in [0.05, 0.1) is 6.61 Å². The van der Waals surface area contributed by atoms with Gasteiger partial charge >= 0.3 is 0 Å². The van der Waals surface area contributed by atoms with E-state index in [-0.39, 0.29) is 0 Å². The van der Waals surface area contributed by atoms with Crippen LogP contribution in [0.25, 0.3) is 0 Å². The highest BCUT2D eigenvalue weighted by molar-refractivity contribution is 5.79. The summed E-state index contributed by atoms with van der Waals surface area (Å²) < 4.78 is 11.0. The number of rotatable bonds is 10. The molecular formula is C20H34N4O2. The summed E-state index contributed by atoms with van der Waals surface area (Å²) in [5, 5.41) is 6.90. The highest BCUT2D eigenvalue weighted by atomic mass is 16.5. The minimum atomic E-state index is 0.561. The molecule has 0 bridgehead atoms. The van der Waals surface area contributed by atoms with Crippen LogP contribution in [0.5, 0.6) is 5.75 Å². The number of aliphatic imine (C=N–C) groups is 1. The molecule has 1 saturated carbocycles. The van der Waals surface area contributed by atoms with Crippen molar-refractivity contribution in [2.24, 2.45) is 4.99 Å². The van der Waals surface area contributed by atoms with Gasteiger partial charge in [-0.25, -0.2) is 0 Å². The van der Waals surface area contributed by atoms with Crippen molar-refractivity contribution in [3.63, 3.8) is 0 Å². The zero-order chi connectivity index (χ0) is 18.6. The quantitative estimate of drug-likeness (QED) is 0.494. The van der Waals surface area contributed by atoms with Gasteiger partial charge in [-0.05, 0) is 37.6 Å². The van der Waals surface area contributed by atoms with E-state index in [1.165, 1.54) is 31.2 Å². The summed E-state index contributed by atoms with van der Waals surface area (Å²) in [6, 6.07) is 8.79. The number of nitrogens with zero attached hydrogens (tertiary/aromatic N) is 2. The number of guanidine groups is 1. The lowest BCUT2D eigenvalue weighted by Gasteiger charge is -2.18. The van der Waals surface area contributed by atoms with Crippen LogP contribution in [0.2, 0.25) is 0 Å². The van der Waals surface area contributed by atoms with E-state index in [1.54, 1.807) is 7.11 Å². The van der Waals surface area contributed by atoms with Crippen LogP contribution in [0, 0.1) is 0 Å². The fourth-order valence-corrected chi connectivity index (χ4v) is 3.07. The summed E-state index contributed by atoms with van der Waals surface area (Å²) in [6.45, 7) is 3.94. The molecule has 0 radical (unpaired) electrons. The van der Waals surface area contributed by atoms with Gasteiger partial charge in [-0.1, -0.05) is 25.0 Å². The van der Waals surface area contributed by atoms with E-state index in [1.807, 2.05) is 19.2 Å². The highest BCUT2D eigenvalue weighted by Crippen LogP contribution is 2.17. The molecule has 146 valence electrons. The number of nitrogens with one attached hydrogen (secondary N) is 2. The third-order valence-corrected chi connectivity index (χ3v) is 4.70. The largest absolute Gasteiger partial charge is 0.492 e. The topological polar surface area (TPSA) is 58.1 Å². The van der Waals surface area contributed by atoms with Gasteiger partial charge in [-0.15, -0.1) is 0 Å². The number of hydrogen-bond acceptors (Lipinski definition) is 4. The fourth-order valence-electron chi connectivity index (χ4n) is 3.07. The molecule has 1 aliphatic carbocycles. The second-order valence-electron chi connectivity index (χ2n) is 6.84. The van der Waals surface area contributed by atoms with Gasteiger partial charge < -0.3 is 25.0 Å². The molecule has 1 aromatic carbocycles. The van der Waals surface area contributed by atoms with E-state index in [9.17, 15) is 0 Å². The summed E-state index contributed by atoms with van der Waals surface area (Å²) in [6.07, 6.45) is 5.11. The Kier molecular flexibility index (Phi) is 9.28. The zero-order valence-electron chi connectivity index (χ0n) is 16.5. The fraction of sp³-hybridized carbons (Fsp3) is 0.650. The van der Waals surface area contributed by atoms with Crippen LogP contribution in [0.3, 0.4) is 0 Å². The van der Waals surface area contributed by atoms with E-state index in [4.69, 9.17) is 9.47 Å². The molecule has 26 heavy (non-hydrogen) atoms. The van der Waals surface area contributed by atoms with Crippen molar-refractivity contribution in [3.05, 3.63) is 29.8 Å². The molecule has 0 heterocycles. The minimum Gasteiger partial charge on any atom is -0.492 e. The average molecular weight is 363 g/mol. The maximum atomic E-state index is 5.88. The van der Waals surface area contributed by atoms with Gasteiger partial charge in [0, 0.05) is 39.8 Å². The third kappa shape index (κ3) is 7.62. The first-order valence-electron chi connectivity index (χ1n) is 9.57. The van der Waals surface area contributed by atoms with Gasteiger partial charge in [0.25, 0.3) is 0 Å². The molecule has 1 aliphatic rings. The highest BCUT2D eigenvalue weighted by Gasteiger charge is 2.15. The van der Waals surface area contributed by atoms with Gasteiger partial charge in [-0.2, -0.15) is 0 Å². The van der Waals surface area contributed by atoms with Crippen molar-refractivity contribution in [3.8, 4) is 5.75 Å². The van der Waals surface area contributed by atoms with Gasteiger partial charge in [0.2, 0.25) is 0 Å². The predicted octanol–water partition coefficient (Wildman–Crippen LogP) is 2.25. The smallest absolute Gasteiger partial charge is 0.191 e. The molecule has 0 unspecified atom stereocenters. The molecule has 1 aromatic rings. The summed E-state index contributed by atoms with van der Waals surface area (Å²) in [5.41, 5.74) is 1.18. The molecule has 2 N–H and O–H groups in total. The van der Waals surface area contributed by atoms with Gasteiger partial charge in [0.1, 0.15) is 12.4 Å². The number of likely N-dealkylation sites (N-methyl/N-ethyl adjacent to an activating group) is 1. The van der Waals surface area contributed by atoms with E-state index in [2.05, 4.69) is 39.7 Å². The lowest BCUT2D eigenvalue weighted by Crippen LogP contribution is -2.41. The van der Waals surface area contributed by atoms with Crippen molar-refractivity contribution in [2.45, 2.75) is 38.3 Å². The van der Waals surface area contributed by atoms with Crippen LogP contribution in [0.1, 0.15) is 31.2 Å². The first-order valence-corrected chi connectivity index (χ1v) is 9.57. The monoisotopic (exact) mass is 362 g/mol. The normalized spacial score (nSPS) is 15.5. The molecule has 0 aromatic heterocycles. The van der Waals surface area contributed by atoms with Crippen molar-refractivity contribution in [1.29, 1.82) is 0 Å². The molecule has 0 atom stereocenters. The summed E-state index contributed by atoms with van der Waals surface area (Å²) >= 11 is 0. The number of benzene rings is 1. The number of methoxy groups -OCH3 is 1. The van der Waals surface area contributed by atoms with E-state index >= 15 is 0 Å². The van der Waals surface area contributed by atoms with Gasteiger partial charge in [0.15, 0.2) is 5.96 Å². The molecule has 0 aliphatic heterocycles. The maximum absolute atomic E-state index is 5.88. The molecule has 0 saturated heterocycles. The molecular weight excluding hydrogens is 328 g/mol. The number of ether oxygens (including phenoxy) is 2. The van der Waals surface area contributed by atoms with Crippen LogP contribution in [0.4, 0.5) is 0 Å². The molecule has 6 heteroatoms. The van der Waals surface area contributed by atoms with E-state index < -0.39 is 0 Å². The van der Waals surface area contributed by atoms with Crippen molar-refractivity contribution in [2.75, 3.05) is 47.5 Å². The summed E-state index contributed by atoms with van der Waals surface area (Å²) in [5.74, 6) is 1.78.